The second-order valence-corrected chi connectivity index (χ2v) is 5.96. The number of anilines is 1. The second kappa shape index (κ2) is 5.72. The van der Waals surface area contributed by atoms with Gasteiger partial charge in [-0.05, 0) is 36.5 Å². The van der Waals surface area contributed by atoms with Crippen molar-refractivity contribution in [1.29, 1.82) is 5.26 Å². The van der Waals surface area contributed by atoms with Crippen LogP contribution < -0.4 is 10.5 Å². The van der Waals surface area contributed by atoms with Gasteiger partial charge in [0.2, 0.25) is 0 Å². The molecule has 5 heteroatoms. The number of ether oxygens (including phenoxy) is 1. The van der Waals surface area contributed by atoms with Crippen molar-refractivity contribution >= 4 is 5.82 Å². The van der Waals surface area contributed by atoms with Crippen LogP contribution in [0.1, 0.15) is 55.3 Å². The summed E-state index contributed by atoms with van der Waals surface area (Å²) in [6.07, 6.45) is 3.36. The number of fused-ring (bicyclic) bond motifs is 1. The lowest BCUT2D eigenvalue weighted by Gasteiger charge is -2.20. The Morgan fingerprint density at radius 1 is 1.45 bits per heavy atom. The molecule has 0 aliphatic carbocycles. The van der Waals surface area contributed by atoms with Crippen LogP contribution in [0.25, 0.3) is 0 Å². The molecule has 0 fully saturated rings. The summed E-state index contributed by atoms with van der Waals surface area (Å²) >= 11 is 0. The molecule has 5 nitrogen and oxygen atoms in total. The van der Waals surface area contributed by atoms with E-state index in [1.807, 2.05) is 6.07 Å². The van der Waals surface area contributed by atoms with Crippen molar-refractivity contribution in [3.05, 3.63) is 41.1 Å². The predicted molar refractivity (Wildman–Crippen MR) is 84.8 cm³/mol. The van der Waals surface area contributed by atoms with Gasteiger partial charge in [-0.1, -0.05) is 19.9 Å². The number of hydrogen-bond donors (Lipinski definition) is 1. The van der Waals surface area contributed by atoms with Crippen molar-refractivity contribution in [3.63, 3.8) is 0 Å². The maximum Gasteiger partial charge on any atom is 0.140 e. The molecule has 22 heavy (non-hydrogen) atoms. The first-order valence-electron chi connectivity index (χ1n) is 7.61. The molecule has 1 atom stereocenters. The fourth-order valence-corrected chi connectivity index (χ4v) is 2.89. The molecular weight excluding hydrogens is 276 g/mol. The van der Waals surface area contributed by atoms with Crippen molar-refractivity contribution in [3.8, 4) is 11.8 Å². The highest BCUT2D eigenvalue weighted by molar-refractivity contribution is 5.50. The van der Waals surface area contributed by atoms with Crippen molar-refractivity contribution in [2.24, 2.45) is 0 Å². The van der Waals surface area contributed by atoms with E-state index >= 15 is 0 Å². The third-order valence-corrected chi connectivity index (χ3v) is 4.19. The minimum atomic E-state index is 0.0123. The number of nitriles is 1. The highest BCUT2D eigenvalue weighted by Gasteiger charge is 2.25. The van der Waals surface area contributed by atoms with E-state index in [0.717, 1.165) is 24.2 Å². The maximum absolute atomic E-state index is 9.09. The van der Waals surface area contributed by atoms with Crippen LogP contribution >= 0.6 is 0 Å². The first-order chi connectivity index (χ1) is 10.6. The third kappa shape index (κ3) is 2.41. The number of nitrogens with zero attached hydrogens (tertiary/aromatic N) is 3. The first-order valence-corrected chi connectivity index (χ1v) is 7.61. The molecule has 1 aromatic carbocycles. The molecule has 2 aromatic rings. The molecule has 0 radical (unpaired) electrons. The molecule has 0 spiro atoms. The molecular formula is C17H20N4O. The molecule has 3 rings (SSSR count). The molecule has 0 bridgehead atoms. The Kier molecular flexibility index (Phi) is 3.76. The summed E-state index contributed by atoms with van der Waals surface area (Å²) in [4.78, 5) is 0. The molecule has 2 N–H and O–H groups in total. The number of nitrogens with two attached hydrogens (primary N) is 1. The van der Waals surface area contributed by atoms with Crippen molar-refractivity contribution < 1.29 is 4.74 Å². The highest BCUT2D eigenvalue weighted by Crippen LogP contribution is 2.37. The Morgan fingerprint density at radius 3 is 2.95 bits per heavy atom. The summed E-state index contributed by atoms with van der Waals surface area (Å²) in [5, 5.41) is 13.4. The largest absolute Gasteiger partial charge is 0.493 e. The van der Waals surface area contributed by atoms with Crippen LogP contribution in [-0.4, -0.2) is 16.4 Å². The molecule has 1 aliphatic rings. The van der Waals surface area contributed by atoms with Crippen molar-refractivity contribution in [2.45, 2.75) is 38.6 Å². The van der Waals surface area contributed by atoms with Crippen molar-refractivity contribution in [1.82, 2.24) is 9.78 Å². The van der Waals surface area contributed by atoms with Gasteiger partial charge in [0, 0.05) is 5.56 Å². The Labute approximate surface area is 130 Å². The monoisotopic (exact) mass is 296 g/mol. The molecule has 1 aliphatic heterocycles. The molecule has 114 valence electrons. The summed E-state index contributed by atoms with van der Waals surface area (Å²) in [6.45, 7) is 5.03. The molecule has 0 saturated heterocycles. The van der Waals surface area contributed by atoms with E-state index < -0.39 is 0 Å². The van der Waals surface area contributed by atoms with E-state index in [-0.39, 0.29) is 6.04 Å². The topological polar surface area (TPSA) is 76.9 Å². The SMILES string of the molecule is CC(C)c1ccc2c(c1)C(n1ncc(C#N)c1N)CCCO2. The molecule has 1 unspecified atom stereocenters. The van der Waals surface area contributed by atoms with Gasteiger partial charge in [-0.2, -0.15) is 10.4 Å². The standard InChI is InChI=1S/C17H20N4O/c1-11(2)12-5-6-16-14(8-12)15(4-3-7-22-16)21-17(19)13(9-18)10-20-21/h5-6,8,10-11,15H,3-4,7,19H2,1-2H3. The van der Waals surface area contributed by atoms with Gasteiger partial charge in [0.25, 0.3) is 0 Å². The third-order valence-electron chi connectivity index (χ3n) is 4.19. The van der Waals surface area contributed by atoms with Crippen LogP contribution in [0.3, 0.4) is 0 Å². The second-order valence-electron chi connectivity index (χ2n) is 5.96. The maximum atomic E-state index is 9.09. The van der Waals surface area contributed by atoms with Gasteiger partial charge in [0.15, 0.2) is 0 Å². The van der Waals surface area contributed by atoms with Crippen LogP contribution in [0.15, 0.2) is 24.4 Å². The Balaban J connectivity index is 2.11. The van der Waals surface area contributed by atoms with Crippen molar-refractivity contribution in [2.75, 3.05) is 12.3 Å². The van der Waals surface area contributed by atoms with Crippen LogP contribution in [0, 0.1) is 11.3 Å². The Morgan fingerprint density at radius 2 is 2.27 bits per heavy atom. The zero-order valence-electron chi connectivity index (χ0n) is 12.9. The van der Waals surface area contributed by atoms with Gasteiger partial charge in [0.1, 0.15) is 23.2 Å². The van der Waals surface area contributed by atoms with Crippen LogP contribution in [0.2, 0.25) is 0 Å². The zero-order chi connectivity index (χ0) is 15.7. The lowest BCUT2D eigenvalue weighted by atomic mass is 9.95. The van der Waals surface area contributed by atoms with Gasteiger partial charge in [-0.15, -0.1) is 0 Å². The molecule has 1 aromatic heterocycles. The number of rotatable bonds is 2. The van der Waals surface area contributed by atoms with E-state index in [9.17, 15) is 0 Å². The fourth-order valence-electron chi connectivity index (χ4n) is 2.89. The van der Waals surface area contributed by atoms with Crippen LogP contribution in [0.5, 0.6) is 5.75 Å². The molecule has 0 amide bonds. The normalized spacial score (nSPS) is 17.5. The average molecular weight is 296 g/mol. The van der Waals surface area contributed by atoms with Gasteiger partial charge in [0.05, 0.1) is 18.8 Å². The van der Waals surface area contributed by atoms with E-state index in [1.54, 1.807) is 4.68 Å². The summed E-state index contributed by atoms with van der Waals surface area (Å²) < 4.78 is 7.62. The van der Waals surface area contributed by atoms with Gasteiger partial charge >= 0.3 is 0 Å². The minimum absolute atomic E-state index is 0.0123. The smallest absolute Gasteiger partial charge is 0.140 e. The highest BCUT2D eigenvalue weighted by atomic mass is 16.5. The van der Waals surface area contributed by atoms with E-state index in [2.05, 4.69) is 37.1 Å². The number of benzene rings is 1. The van der Waals surface area contributed by atoms with E-state index in [4.69, 9.17) is 15.7 Å². The summed E-state index contributed by atoms with van der Waals surface area (Å²) in [6, 6.07) is 8.43. The number of hydrogen-bond acceptors (Lipinski definition) is 4. The zero-order valence-corrected chi connectivity index (χ0v) is 12.9. The van der Waals surface area contributed by atoms with Crippen LogP contribution in [0.4, 0.5) is 5.82 Å². The minimum Gasteiger partial charge on any atom is -0.493 e. The predicted octanol–water partition coefficient (Wildman–Crippen LogP) is 3.22. The average Bonchev–Trinajstić information content (AvgIpc) is 2.76. The lowest BCUT2D eigenvalue weighted by Crippen LogP contribution is -2.15. The molecule has 0 saturated carbocycles. The van der Waals surface area contributed by atoms with Gasteiger partial charge in [-0.3, -0.25) is 0 Å². The fraction of sp³-hybridized carbons (Fsp3) is 0.412. The lowest BCUT2D eigenvalue weighted by molar-refractivity contribution is 0.315. The quantitative estimate of drug-likeness (QED) is 0.923. The summed E-state index contributed by atoms with van der Waals surface area (Å²) in [5.74, 6) is 1.76. The Hall–Kier alpha value is -2.48. The summed E-state index contributed by atoms with van der Waals surface area (Å²) in [7, 11) is 0. The number of aromatic nitrogens is 2. The molecule has 2 heterocycles. The Bertz CT molecular complexity index is 727. The summed E-state index contributed by atoms with van der Waals surface area (Å²) in [5.41, 5.74) is 8.88. The first kappa shape index (κ1) is 14.5. The van der Waals surface area contributed by atoms with Gasteiger partial charge < -0.3 is 10.5 Å². The van der Waals surface area contributed by atoms with E-state index in [0.29, 0.717) is 23.9 Å². The van der Waals surface area contributed by atoms with Crippen LogP contribution in [-0.2, 0) is 0 Å². The van der Waals surface area contributed by atoms with Gasteiger partial charge in [-0.25, -0.2) is 4.68 Å². The van der Waals surface area contributed by atoms with E-state index in [1.165, 1.54) is 11.8 Å². The number of nitrogen functional groups attached to an aromatic ring is 1.